The Hall–Kier alpha value is -2.05. The van der Waals surface area contributed by atoms with Crippen LogP contribution < -0.4 is 5.32 Å². The quantitative estimate of drug-likeness (QED) is 0.862. The maximum absolute atomic E-state index is 13.0. The molecule has 1 unspecified atom stereocenters. The number of carbonyl (C=O) groups is 2. The molecular weight excluding hydrogens is 323 g/mol. The van der Waals surface area contributed by atoms with Crippen LogP contribution in [0.25, 0.3) is 0 Å². The second kappa shape index (κ2) is 7.23. The molecule has 7 heteroatoms. The third-order valence-electron chi connectivity index (χ3n) is 4.39. The zero-order valence-corrected chi connectivity index (χ0v) is 13.3. The highest BCUT2D eigenvalue weighted by Crippen LogP contribution is 2.33. The lowest BCUT2D eigenvalue weighted by atomic mass is 9.99. The molecule has 132 valence electrons. The van der Waals surface area contributed by atoms with Gasteiger partial charge in [0.2, 0.25) is 5.91 Å². The predicted octanol–water partition coefficient (Wildman–Crippen LogP) is 3.25. The minimum Gasteiger partial charge on any atom is -0.481 e. The first-order chi connectivity index (χ1) is 11.2. The van der Waals surface area contributed by atoms with E-state index in [0.29, 0.717) is 12.8 Å². The third kappa shape index (κ3) is 4.49. The maximum Gasteiger partial charge on any atom is 0.416 e. The van der Waals surface area contributed by atoms with Gasteiger partial charge in [0.15, 0.2) is 0 Å². The molecule has 2 N–H and O–H groups in total. The van der Waals surface area contributed by atoms with Crippen molar-refractivity contribution >= 4 is 11.9 Å². The van der Waals surface area contributed by atoms with E-state index < -0.39 is 29.7 Å². The number of hydrogen-bond acceptors (Lipinski definition) is 2. The number of rotatable bonds is 5. The van der Waals surface area contributed by atoms with Crippen molar-refractivity contribution in [1.82, 2.24) is 5.32 Å². The van der Waals surface area contributed by atoms with Crippen molar-refractivity contribution in [3.63, 3.8) is 0 Å². The van der Waals surface area contributed by atoms with Crippen molar-refractivity contribution in [3.8, 4) is 0 Å². The average Bonchev–Trinajstić information content (AvgIpc) is 2.96. The van der Waals surface area contributed by atoms with Crippen molar-refractivity contribution in [1.29, 1.82) is 0 Å². The van der Waals surface area contributed by atoms with Gasteiger partial charge >= 0.3 is 12.1 Å². The van der Waals surface area contributed by atoms with E-state index in [2.05, 4.69) is 5.32 Å². The third-order valence-corrected chi connectivity index (χ3v) is 4.39. The molecule has 0 saturated heterocycles. The lowest BCUT2D eigenvalue weighted by Gasteiger charge is -2.19. The van der Waals surface area contributed by atoms with E-state index in [0.717, 1.165) is 6.07 Å². The highest BCUT2D eigenvalue weighted by Gasteiger charge is 2.35. The van der Waals surface area contributed by atoms with Gasteiger partial charge in [-0.1, -0.05) is 18.2 Å². The number of benzene rings is 1. The van der Waals surface area contributed by atoms with Crippen LogP contribution in [0.2, 0.25) is 0 Å². The lowest BCUT2D eigenvalue weighted by Crippen LogP contribution is -2.38. The van der Waals surface area contributed by atoms with E-state index in [1.807, 2.05) is 0 Å². The Bertz CT molecular complexity index is 615. The normalized spacial score (nSPS) is 22.2. The second-order valence-electron chi connectivity index (χ2n) is 6.31. The Kier molecular flexibility index (Phi) is 5.51. The van der Waals surface area contributed by atoms with Crippen molar-refractivity contribution in [2.24, 2.45) is 11.8 Å². The zero-order valence-electron chi connectivity index (χ0n) is 13.3. The van der Waals surface area contributed by atoms with Gasteiger partial charge in [-0.15, -0.1) is 0 Å². The Morgan fingerprint density at radius 3 is 2.46 bits per heavy atom. The van der Waals surface area contributed by atoms with Crippen LogP contribution in [-0.2, 0) is 22.2 Å². The molecule has 4 nitrogen and oxygen atoms in total. The van der Waals surface area contributed by atoms with Crippen LogP contribution in [0.4, 0.5) is 13.2 Å². The van der Waals surface area contributed by atoms with E-state index in [4.69, 9.17) is 5.11 Å². The molecule has 0 bridgehead atoms. The lowest BCUT2D eigenvalue weighted by molar-refractivity contribution is -0.141. The van der Waals surface area contributed by atoms with Gasteiger partial charge in [0.05, 0.1) is 11.5 Å². The average molecular weight is 343 g/mol. The standard InChI is InChI=1S/C17H20F3NO3/c1-10(8-11-4-2-3-5-14(11)17(18,19)20)21-15(22)12-6-7-13(9-12)16(23)24/h2-5,10,12-13H,6-9H2,1H3,(H,21,22)(H,23,24)/t10?,12-,13+/m1/s1. The minimum atomic E-state index is -4.43. The van der Waals surface area contributed by atoms with Crippen LogP contribution in [-0.4, -0.2) is 23.0 Å². The van der Waals surface area contributed by atoms with Gasteiger partial charge in [-0.25, -0.2) is 0 Å². The summed E-state index contributed by atoms with van der Waals surface area (Å²) in [4.78, 5) is 23.1. The van der Waals surface area contributed by atoms with E-state index in [9.17, 15) is 22.8 Å². The summed E-state index contributed by atoms with van der Waals surface area (Å²) in [5, 5.41) is 11.7. The number of nitrogens with one attached hydrogen (secondary N) is 1. The fourth-order valence-electron chi connectivity index (χ4n) is 3.16. The molecule has 1 amide bonds. The molecule has 1 fully saturated rings. The Balaban J connectivity index is 1.96. The number of hydrogen-bond donors (Lipinski definition) is 2. The Morgan fingerprint density at radius 1 is 1.25 bits per heavy atom. The molecule has 0 aromatic heterocycles. The van der Waals surface area contributed by atoms with Crippen LogP contribution >= 0.6 is 0 Å². The van der Waals surface area contributed by atoms with Gasteiger partial charge in [-0.2, -0.15) is 13.2 Å². The molecular formula is C17H20F3NO3. The number of carbonyl (C=O) groups excluding carboxylic acids is 1. The molecule has 1 aromatic rings. The molecule has 1 aromatic carbocycles. The molecule has 2 rings (SSSR count). The summed E-state index contributed by atoms with van der Waals surface area (Å²) in [7, 11) is 0. The number of carboxylic acids is 1. The summed E-state index contributed by atoms with van der Waals surface area (Å²) in [6.07, 6.45) is -3.13. The first-order valence-corrected chi connectivity index (χ1v) is 7.86. The van der Waals surface area contributed by atoms with Crippen molar-refractivity contribution in [3.05, 3.63) is 35.4 Å². The first kappa shape index (κ1) is 18.3. The Morgan fingerprint density at radius 2 is 1.88 bits per heavy atom. The number of alkyl halides is 3. The van der Waals surface area contributed by atoms with Crippen molar-refractivity contribution in [2.75, 3.05) is 0 Å². The van der Waals surface area contributed by atoms with Gasteiger partial charge in [0.25, 0.3) is 0 Å². The van der Waals surface area contributed by atoms with E-state index in [1.54, 1.807) is 6.92 Å². The molecule has 3 atom stereocenters. The van der Waals surface area contributed by atoms with Crippen LogP contribution in [0.5, 0.6) is 0 Å². The van der Waals surface area contributed by atoms with E-state index in [1.165, 1.54) is 18.2 Å². The van der Waals surface area contributed by atoms with Gasteiger partial charge in [0, 0.05) is 12.0 Å². The summed E-state index contributed by atoms with van der Waals surface area (Å²) < 4.78 is 38.9. The van der Waals surface area contributed by atoms with E-state index >= 15 is 0 Å². The monoisotopic (exact) mass is 343 g/mol. The molecule has 0 heterocycles. The first-order valence-electron chi connectivity index (χ1n) is 7.86. The second-order valence-corrected chi connectivity index (χ2v) is 6.31. The van der Waals surface area contributed by atoms with Gasteiger partial charge in [-0.3, -0.25) is 9.59 Å². The molecule has 0 radical (unpaired) electrons. The number of halogens is 3. The maximum atomic E-state index is 13.0. The molecule has 1 saturated carbocycles. The summed E-state index contributed by atoms with van der Waals surface area (Å²) in [5.74, 6) is -2.08. The predicted molar refractivity (Wildman–Crippen MR) is 81.2 cm³/mol. The van der Waals surface area contributed by atoms with Crippen molar-refractivity contribution < 1.29 is 27.9 Å². The summed E-state index contributed by atoms with van der Waals surface area (Å²) >= 11 is 0. The summed E-state index contributed by atoms with van der Waals surface area (Å²) in [5.41, 5.74) is -0.564. The molecule has 24 heavy (non-hydrogen) atoms. The van der Waals surface area contributed by atoms with Crippen molar-refractivity contribution in [2.45, 2.75) is 44.8 Å². The fourth-order valence-corrected chi connectivity index (χ4v) is 3.16. The number of aliphatic carboxylic acids is 1. The SMILES string of the molecule is CC(Cc1ccccc1C(F)(F)F)NC(=O)[C@@H]1CC[C@H](C(=O)O)C1. The van der Waals surface area contributed by atoms with Crippen LogP contribution in [0, 0.1) is 11.8 Å². The highest BCUT2D eigenvalue weighted by molar-refractivity contribution is 5.81. The molecule has 1 aliphatic carbocycles. The van der Waals surface area contributed by atoms with Crippen LogP contribution in [0.15, 0.2) is 24.3 Å². The highest BCUT2D eigenvalue weighted by atomic mass is 19.4. The number of amides is 1. The summed E-state index contributed by atoms with van der Waals surface area (Å²) in [6.45, 7) is 1.65. The topological polar surface area (TPSA) is 66.4 Å². The largest absolute Gasteiger partial charge is 0.481 e. The van der Waals surface area contributed by atoms with Gasteiger partial charge in [-0.05, 0) is 44.2 Å². The Labute approximate surface area is 138 Å². The smallest absolute Gasteiger partial charge is 0.416 e. The number of carboxylic acid groups (broad SMARTS) is 1. The van der Waals surface area contributed by atoms with Crippen LogP contribution in [0.1, 0.15) is 37.3 Å². The minimum absolute atomic E-state index is 0.0660. The molecule has 0 spiro atoms. The van der Waals surface area contributed by atoms with E-state index in [-0.39, 0.29) is 30.2 Å². The van der Waals surface area contributed by atoms with Gasteiger partial charge < -0.3 is 10.4 Å². The van der Waals surface area contributed by atoms with Gasteiger partial charge in [0.1, 0.15) is 0 Å². The summed E-state index contributed by atoms with van der Waals surface area (Å²) in [6, 6.07) is 4.83. The van der Waals surface area contributed by atoms with Crippen LogP contribution in [0.3, 0.4) is 0 Å². The molecule has 0 aliphatic heterocycles. The fraction of sp³-hybridized carbons (Fsp3) is 0.529. The molecule has 1 aliphatic rings. The zero-order chi connectivity index (χ0) is 17.9.